The van der Waals surface area contributed by atoms with Gasteiger partial charge in [0.25, 0.3) is 0 Å². The van der Waals surface area contributed by atoms with Gasteiger partial charge in [-0.15, -0.1) is 12.4 Å². The van der Waals surface area contributed by atoms with Crippen LogP contribution in [0.15, 0.2) is 91.0 Å². The fraction of sp³-hybridized carbons (Fsp3) is 0.250. The number of piperidine rings is 1. The molecule has 0 aromatic heterocycles. The number of hydrogen-bond acceptors (Lipinski definition) is 1. The highest BCUT2D eigenvalue weighted by molar-refractivity contribution is 5.85. The molecule has 0 amide bonds. The minimum atomic E-state index is 0. The predicted octanol–water partition coefficient (Wildman–Crippen LogP) is 6.16. The number of rotatable bonds is 4. The maximum Gasteiger partial charge on any atom is 0.0366 e. The Hall–Kier alpha value is -2.25. The van der Waals surface area contributed by atoms with Crippen molar-refractivity contribution in [1.29, 1.82) is 0 Å². The molecular formula is C24H26ClN. The quantitative estimate of drug-likeness (QED) is 0.536. The SMILES string of the molecule is Cl.c1ccc(C(c2ccccc2)C2CCN(c3ccccc3)CC2)cc1. The highest BCUT2D eigenvalue weighted by Crippen LogP contribution is 2.38. The third kappa shape index (κ3) is 4.11. The maximum atomic E-state index is 2.53. The summed E-state index contributed by atoms with van der Waals surface area (Å²) in [7, 11) is 0. The third-order valence-corrected chi connectivity index (χ3v) is 5.45. The second-order valence-corrected chi connectivity index (χ2v) is 6.96. The van der Waals surface area contributed by atoms with Gasteiger partial charge in [0, 0.05) is 24.7 Å². The molecule has 3 aromatic rings. The van der Waals surface area contributed by atoms with Crippen LogP contribution in [0.25, 0.3) is 0 Å². The molecule has 1 aliphatic rings. The Labute approximate surface area is 163 Å². The summed E-state index contributed by atoms with van der Waals surface area (Å²) in [5, 5.41) is 0. The van der Waals surface area contributed by atoms with Gasteiger partial charge in [-0.2, -0.15) is 0 Å². The Bertz CT molecular complexity index is 726. The summed E-state index contributed by atoms with van der Waals surface area (Å²) in [5.74, 6) is 1.20. The Kier molecular flexibility index (Phi) is 6.35. The summed E-state index contributed by atoms with van der Waals surface area (Å²) in [6.07, 6.45) is 2.48. The van der Waals surface area contributed by atoms with E-state index in [-0.39, 0.29) is 12.4 Å². The predicted molar refractivity (Wildman–Crippen MR) is 113 cm³/mol. The largest absolute Gasteiger partial charge is 0.372 e. The average Bonchev–Trinajstić information content (AvgIpc) is 2.71. The van der Waals surface area contributed by atoms with Crippen LogP contribution >= 0.6 is 12.4 Å². The van der Waals surface area contributed by atoms with Gasteiger partial charge in [0.2, 0.25) is 0 Å². The second kappa shape index (κ2) is 8.91. The lowest BCUT2D eigenvalue weighted by Gasteiger charge is -2.37. The molecule has 0 radical (unpaired) electrons. The molecule has 0 bridgehead atoms. The summed E-state index contributed by atoms with van der Waals surface area (Å²) in [6.45, 7) is 2.29. The highest BCUT2D eigenvalue weighted by Gasteiger charge is 2.28. The van der Waals surface area contributed by atoms with E-state index in [9.17, 15) is 0 Å². The Morgan fingerprint density at radius 3 is 1.50 bits per heavy atom. The minimum Gasteiger partial charge on any atom is -0.372 e. The molecule has 134 valence electrons. The molecule has 2 heteroatoms. The van der Waals surface area contributed by atoms with Gasteiger partial charge in [0.05, 0.1) is 0 Å². The molecule has 0 saturated carbocycles. The van der Waals surface area contributed by atoms with Gasteiger partial charge in [-0.1, -0.05) is 78.9 Å². The van der Waals surface area contributed by atoms with E-state index in [2.05, 4.69) is 95.9 Å². The molecule has 1 nitrogen and oxygen atoms in total. The molecule has 1 heterocycles. The first-order valence-corrected chi connectivity index (χ1v) is 9.32. The topological polar surface area (TPSA) is 3.24 Å². The van der Waals surface area contributed by atoms with E-state index in [0.717, 1.165) is 13.1 Å². The monoisotopic (exact) mass is 363 g/mol. The first-order chi connectivity index (χ1) is 12.4. The van der Waals surface area contributed by atoms with E-state index in [0.29, 0.717) is 11.8 Å². The van der Waals surface area contributed by atoms with Crippen LogP contribution in [0.1, 0.15) is 29.9 Å². The zero-order chi connectivity index (χ0) is 16.9. The standard InChI is InChI=1S/C24H25N.ClH/c1-4-10-20(11-5-1)24(21-12-6-2-7-13-21)22-16-18-25(19-17-22)23-14-8-3-9-15-23;/h1-15,22,24H,16-19H2;1H. The van der Waals surface area contributed by atoms with Crippen molar-refractivity contribution in [2.75, 3.05) is 18.0 Å². The van der Waals surface area contributed by atoms with Crippen LogP contribution in [0, 0.1) is 5.92 Å². The van der Waals surface area contributed by atoms with Crippen molar-refractivity contribution < 1.29 is 0 Å². The average molecular weight is 364 g/mol. The molecule has 0 unspecified atom stereocenters. The molecular weight excluding hydrogens is 338 g/mol. The van der Waals surface area contributed by atoms with E-state index < -0.39 is 0 Å². The smallest absolute Gasteiger partial charge is 0.0366 e. The van der Waals surface area contributed by atoms with E-state index >= 15 is 0 Å². The van der Waals surface area contributed by atoms with Crippen molar-refractivity contribution in [3.63, 3.8) is 0 Å². The van der Waals surface area contributed by atoms with Crippen LogP contribution in [-0.4, -0.2) is 13.1 Å². The summed E-state index contributed by atoms with van der Waals surface area (Å²) in [6, 6.07) is 32.9. The Morgan fingerprint density at radius 2 is 1.04 bits per heavy atom. The Morgan fingerprint density at radius 1 is 0.615 bits per heavy atom. The number of hydrogen-bond donors (Lipinski definition) is 0. The third-order valence-electron chi connectivity index (χ3n) is 5.45. The van der Waals surface area contributed by atoms with Gasteiger partial charge >= 0.3 is 0 Å². The number of benzene rings is 3. The van der Waals surface area contributed by atoms with Gasteiger partial charge in [0.1, 0.15) is 0 Å². The lowest BCUT2D eigenvalue weighted by molar-refractivity contribution is 0.368. The van der Waals surface area contributed by atoms with Crippen molar-refractivity contribution in [3.05, 3.63) is 102 Å². The number of nitrogens with zero attached hydrogens (tertiary/aromatic N) is 1. The van der Waals surface area contributed by atoms with E-state index in [1.807, 2.05) is 0 Å². The summed E-state index contributed by atoms with van der Waals surface area (Å²) in [4.78, 5) is 2.53. The normalized spacial score (nSPS) is 14.9. The first-order valence-electron chi connectivity index (χ1n) is 9.32. The van der Waals surface area contributed by atoms with Crippen molar-refractivity contribution in [2.45, 2.75) is 18.8 Å². The number of para-hydroxylation sites is 1. The molecule has 1 fully saturated rings. The Balaban J connectivity index is 0.00000196. The fourth-order valence-electron chi connectivity index (χ4n) is 4.19. The van der Waals surface area contributed by atoms with Gasteiger partial charge in [-0.25, -0.2) is 0 Å². The molecule has 1 saturated heterocycles. The number of anilines is 1. The van der Waals surface area contributed by atoms with Crippen LogP contribution in [0.3, 0.4) is 0 Å². The maximum absolute atomic E-state index is 2.53. The van der Waals surface area contributed by atoms with Crippen molar-refractivity contribution in [3.8, 4) is 0 Å². The second-order valence-electron chi connectivity index (χ2n) is 6.96. The van der Waals surface area contributed by atoms with Crippen molar-refractivity contribution in [2.24, 2.45) is 5.92 Å². The van der Waals surface area contributed by atoms with Gasteiger partial charge in [-0.05, 0) is 42.0 Å². The van der Waals surface area contributed by atoms with Crippen LogP contribution < -0.4 is 4.90 Å². The fourth-order valence-corrected chi connectivity index (χ4v) is 4.19. The minimum absolute atomic E-state index is 0. The van der Waals surface area contributed by atoms with Gasteiger partial charge in [-0.3, -0.25) is 0 Å². The molecule has 3 aromatic carbocycles. The van der Waals surface area contributed by atoms with Crippen LogP contribution in [0.2, 0.25) is 0 Å². The summed E-state index contributed by atoms with van der Waals surface area (Å²) >= 11 is 0. The van der Waals surface area contributed by atoms with Crippen molar-refractivity contribution >= 4 is 18.1 Å². The molecule has 4 rings (SSSR count). The first kappa shape index (κ1) is 18.5. The molecule has 0 N–H and O–H groups in total. The lowest BCUT2D eigenvalue weighted by Crippen LogP contribution is -2.35. The summed E-state index contributed by atoms with van der Waals surface area (Å²) < 4.78 is 0. The molecule has 1 aliphatic heterocycles. The van der Waals surface area contributed by atoms with Crippen LogP contribution in [0.4, 0.5) is 5.69 Å². The van der Waals surface area contributed by atoms with E-state index in [1.54, 1.807) is 0 Å². The highest BCUT2D eigenvalue weighted by atomic mass is 35.5. The number of halogens is 1. The zero-order valence-electron chi connectivity index (χ0n) is 15.0. The van der Waals surface area contributed by atoms with Crippen molar-refractivity contribution in [1.82, 2.24) is 0 Å². The molecule has 0 spiro atoms. The van der Waals surface area contributed by atoms with Crippen LogP contribution in [0.5, 0.6) is 0 Å². The molecule has 0 atom stereocenters. The van der Waals surface area contributed by atoms with E-state index in [4.69, 9.17) is 0 Å². The summed E-state index contributed by atoms with van der Waals surface area (Å²) in [5.41, 5.74) is 4.26. The lowest BCUT2D eigenvalue weighted by atomic mass is 9.76. The molecule has 0 aliphatic carbocycles. The van der Waals surface area contributed by atoms with E-state index in [1.165, 1.54) is 29.7 Å². The molecule has 26 heavy (non-hydrogen) atoms. The zero-order valence-corrected chi connectivity index (χ0v) is 15.8. The van der Waals surface area contributed by atoms with Gasteiger partial charge < -0.3 is 4.90 Å². The van der Waals surface area contributed by atoms with Crippen LogP contribution in [-0.2, 0) is 0 Å². The van der Waals surface area contributed by atoms with Gasteiger partial charge in [0.15, 0.2) is 0 Å².